The molecule has 9 aromatic carbocycles. The first-order valence-corrected chi connectivity index (χ1v) is 23.2. The summed E-state index contributed by atoms with van der Waals surface area (Å²) in [7, 11) is 0. The van der Waals surface area contributed by atoms with Gasteiger partial charge in [0.2, 0.25) is 0 Å². The number of rotatable bonds is 9. The van der Waals surface area contributed by atoms with Gasteiger partial charge in [-0.25, -0.2) is 15.0 Å². The summed E-state index contributed by atoms with van der Waals surface area (Å²) in [5.74, 6) is 1.82. The van der Waals surface area contributed by atoms with Crippen LogP contribution in [0.5, 0.6) is 0 Å². The third-order valence-electron chi connectivity index (χ3n) is 13.0. The van der Waals surface area contributed by atoms with Crippen molar-refractivity contribution in [2.45, 2.75) is 13.8 Å². The molecule has 0 aliphatic carbocycles. The Kier molecular flexibility index (Phi) is 10.2. The molecule has 0 amide bonds. The van der Waals surface area contributed by atoms with Crippen molar-refractivity contribution in [3.05, 3.63) is 242 Å². The fraction of sp³-hybridized carbons (Fsp3) is 0.0317. The van der Waals surface area contributed by atoms with Crippen LogP contribution in [0, 0.1) is 0 Å². The van der Waals surface area contributed by atoms with E-state index in [1.54, 1.807) is 0 Å². The van der Waals surface area contributed by atoms with Gasteiger partial charge in [0.1, 0.15) is 0 Å². The van der Waals surface area contributed by atoms with Gasteiger partial charge in [0, 0.05) is 55.0 Å². The van der Waals surface area contributed by atoms with Crippen molar-refractivity contribution in [1.29, 1.82) is 0 Å². The monoisotopic (exact) mass is 871 g/mol. The molecule has 3 heterocycles. The lowest BCUT2D eigenvalue weighted by Gasteiger charge is -2.21. The standard InChI is InChI=1S/C63H45N5/c1-3-21-42(4-2)43-34-36-47(37-35-43)62-64-61(46-26-13-7-14-27-46)65-63(66-62)48-40-53(44-22-9-5-10-23-44)59(54(41-48)45-24-11-6-12-25-45)68-55-32-19-17-30-50(55)51-38-39-57-58(60(51)68)52-31-18-20-33-56(52)67(57)49-28-15-8-16-29-49/h3-41H,1-2H3/b21-3-,42-4+. The van der Waals surface area contributed by atoms with Crippen LogP contribution in [0.25, 0.3) is 117 Å². The fourth-order valence-corrected chi connectivity index (χ4v) is 9.98. The quantitative estimate of drug-likeness (QED) is 0.136. The lowest BCUT2D eigenvalue weighted by molar-refractivity contribution is 1.07. The second kappa shape index (κ2) is 17.1. The molecule has 12 aromatic rings. The van der Waals surface area contributed by atoms with Gasteiger partial charge in [-0.15, -0.1) is 0 Å². The topological polar surface area (TPSA) is 48.5 Å². The first-order valence-electron chi connectivity index (χ1n) is 23.2. The van der Waals surface area contributed by atoms with Crippen LogP contribution in [-0.2, 0) is 0 Å². The van der Waals surface area contributed by atoms with Crippen molar-refractivity contribution < 1.29 is 0 Å². The highest BCUT2D eigenvalue weighted by atomic mass is 15.0. The van der Waals surface area contributed by atoms with Gasteiger partial charge in [0.15, 0.2) is 17.5 Å². The van der Waals surface area contributed by atoms with Crippen LogP contribution < -0.4 is 0 Å². The minimum atomic E-state index is 0.595. The number of benzene rings is 9. The number of hydrogen-bond donors (Lipinski definition) is 0. The molecule has 0 saturated heterocycles. The fourth-order valence-electron chi connectivity index (χ4n) is 9.98. The Balaban J connectivity index is 1.19. The number of nitrogens with zero attached hydrogens (tertiary/aromatic N) is 5. The normalized spacial score (nSPS) is 12.0. The summed E-state index contributed by atoms with van der Waals surface area (Å²) >= 11 is 0. The summed E-state index contributed by atoms with van der Waals surface area (Å²) in [5, 5.41) is 4.78. The van der Waals surface area contributed by atoms with Gasteiger partial charge >= 0.3 is 0 Å². The summed E-state index contributed by atoms with van der Waals surface area (Å²) in [6.45, 7) is 4.11. The lowest BCUT2D eigenvalue weighted by atomic mass is 9.92. The zero-order valence-corrected chi connectivity index (χ0v) is 37.8. The van der Waals surface area contributed by atoms with Gasteiger partial charge in [0.05, 0.1) is 27.8 Å². The number of allylic oxidation sites excluding steroid dienone is 4. The summed E-state index contributed by atoms with van der Waals surface area (Å²) in [6.07, 6.45) is 6.33. The molecule has 5 nitrogen and oxygen atoms in total. The molecule has 0 bridgehead atoms. The Labute approximate surface area is 395 Å². The summed E-state index contributed by atoms with van der Waals surface area (Å²) < 4.78 is 4.94. The molecule has 12 rings (SSSR count). The zero-order chi connectivity index (χ0) is 45.6. The lowest BCUT2D eigenvalue weighted by Crippen LogP contribution is -2.04. The average molecular weight is 872 g/mol. The van der Waals surface area contributed by atoms with Gasteiger partial charge in [-0.2, -0.15) is 0 Å². The highest BCUT2D eigenvalue weighted by Crippen LogP contribution is 2.47. The van der Waals surface area contributed by atoms with Gasteiger partial charge in [-0.1, -0.05) is 194 Å². The number of para-hydroxylation sites is 3. The highest BCUT2D eigenvalue weighted by Gasteiger charge is 2.26. The maximum absolute atomic E-state index is 5.34. The second-order valence-corrected chi connectivity index (χ2v) is 17.0. The molecule has 0 N–H and O–H groups in total. The van der Waals surface area contributed by atoms with Crippen molar-refractivity contribution in [2.24, 2.45) is 0 Å². The first kappa shape index (κ1) is 40.6. The van der Waals surface area contributed by atoms with Crippen LogP contribution in [0.3, 0.4) is 0 Å². The SMILES string of the molecule is C/C=C\C(=C/C)c1ccc(-c2nc(-c3ccccc3)nc(-c3cc(-c4ccccc4)c(-n4c5ccccc5c5ccc6c(c7ccccc7n6-c6ccccc6)c54)c(-c4ccccc4)c3)n2)cc1. The van der Waals surface area contributed by atoms with Gasteiger partial charge in [0.25, 0.3) is 0 Å². The molecule has 0 aliphatic heterocycles. The van der Waals surface area contributed by atoms with Gasteiger partial charge in [-0.05, 0) is 78.6 Å². The third-order valence-corrected chi connectivity index (χ3v) is 13.0. The van der Waals surface area contributed by atoms with Crippen molar-refractivity contribution in [3.63, 3.8) is 0 Å². The largest absolute Gasteiger partial charge is 0.309 e. The van der Waals surface area contributed by atoms with E-state index >= 15 is 0 Å². The molecule has 0 saturated carbocycles. The molecule has 68 heavy (non-hydrogen) atoms. The Morgan fingerprint density at radius 1 is 0.397 bits per heavy atom. The number of fused-ring (bicyclic) bond motifs is 7. The molecule has 0 spiro atoms. The summed E-state index contributed by atoms with van der Waals surface area (Å²) in [5.41, 5.74) is 16.1. The second-order valence-electron chi connectivity index (χ2n) is 17.0. The summed E-state index contributed by atoms with van der Waals surface area (Å²) in [6, 6.07) is 77.8. The van der Waals surface area contributed by atoms with E-state index in [4.69, 9.17) is 15.0 Å². The van der Waals surface area contributed by atoms with E-state index in [9.17, 15) is 0 Å². The van der Waals surface area contributed by atoms with E-state index in [2.05, 4.69) is 234 Å². The maximum atomic E-state index is 5.34. The zero-order valence-electron chi connectivity index (χ0n) is 37.8. The van der Waals surface area contributed by atoms with Crippen LogP contribution in [-0.4, -0.2) is 24.1 Å². The Morgan fingerprint density at radius 3 is 1.46 bits per heavy atom. The molecule has 0 aliphatic rings. The summed E-state index contributed by atoms with van der Waals surface area (Å²) in [4.78, 5) is 15.8. The molecule has 0 fully saturated rings. The number of aromatic nitrogens is 5. The number of hydrogen-bond acceptors (Lipinski definition) is 3. The minimum Gasteiger partial charge on any atom is -0.309 e. The Morgan fingerprint density at radius 2 is 0.882 bits per heavy atom. The van der Waals surface area contributed by atoms with E-state index in [-0.39, 0.29) is 0 Å². The van der Waals surface area contributed by atoms with E-state index in [0.717, 1.165) is 83.5 Å². The minimum absolute atomic E-state index is 0.595. The molecule has 5 heteroatoms. The van der Waals surface area contributed by atoms with Crippen molar-refractivity contribution >= 4 is 49.2 Å². The van der Waals surface area contributed by atoms with Crippen molar-refractivity contribution in [1.82, 2.24) is 24.1 Å². The Hall–Kier alpha value is -8.93. The predicted molar refractivity (Wildman–Crippen MR) is 284 cm³/mol. The van der Waals surface area contributed by atoms with Crippen LogP contribution in [0.1, 0.15) is 19.4 Å². The van der Waals surface area contributed by atoms with E-state index in [0.29, 0.717) is 17.5 Å². The van der Waals surface area contributed by atoms with E-state index in [1.165, 1.54) is 21.5 Å². The van der Waals surface area contributed by atoms with Crippen LogP contribution in [0.15, 0.2) is 237 Å². The molecule has 0 unspecified atom stereocenters. The highest BCUT2D eigenvalue weighted by molar-refractivity contribution is 6.26. The van der Waals surface area contributed by atoms with Gasteiger partial charge in [-0.3, -0.25) is 0 Å². The third kappa shape index (κ3) is 6.92. The van der Waals surface area contributed by atoms with Crippen LogP contribution in [0.2, 0.25) is 0 Å². The molecule has 0 radical (unpaired) electrons. The first-order chi connectivity index (χ1) is 33.7. The molecule has 3 aromatic heterocycles. The molecule has 322 valence electrons. The van der Waals surface area contributed by atoms with Crippen LogP contribution in [0.4, 0.5) is 0 Å². The van der Waals surface area contributed by atoms with E-state index < -0.39 is 0 Å². The van der Waals surface area contributed by atoms with E-state index in [1.807, 2.05) is 25.1 Å². The maximum Gasteiger partial charge on any atom is 0.164 e. The average Bonchev–Trinajstić information content (AvgIpc) is 3.93. The smallest absolute Gasteiger partial charge is 0.164 e. The van der Waals surface area contributed by atoms with Crippen molar-refractivity contribution in [3.8, 4) is 67.8 Å². The molecular formula is C63H45N5. The van der Waals surface area contributed by atoms with Crippen molar-refractivity contribution in [2.75, 3.05) is 0 Å². The molecular weight excluding hydrogens is 827 g/mol. The molecule has 0 atom stereocenters. The predicted octanol–water partition coefficient (Wildman–Crippen LogP) is 16.4. The van der Waals surface area contributed by atoms with Gasteiger partial charge < -0.3 is 9.13 Å². The van der Waals surface area contributed by atoms with Crippen LogP contribution >= 0.6 is 0 Å². The Bertz CT molecular complexity index is 3820.